The Kier molecular flexibility index (Phi) is 7.20. The van der Waals surface area contributed by atoms with Crippen LogP contribution in [0.2, 0.25) is 0 Å². The molecule has 0 saturated carbocycles. The van der Waals surface area contributed by atoms with Gasteiger partial charge in [-0.05, 0) is 48.2 Å². The van der Waals surface area contributed by atoms with Gasteiger partial charge < -0.3 is 10.1 Å². The van der Waals surface area contributed by atoms with Gasteiger partial charge in [0, 0.05) is 48.5 Å². The molecule has 1 fully saturated rings. The molecule has 11 heteroatoms. The van der Waals surface area contributed by atoms with E-state index in [9.17, 15) is 16.8 Å². The molecular weight excluding hydrogens is 476 g/mol. The van der Waals surface area contributed by atoms with E-state index < -0.39 is 20.0 Å². The highest BCUT2D eigenvalue weighted by Gasteiger charge is 2.30. The van der Waals surface area contributed by atoms with E-state index in [2.05, 4.69) is 10.3 Å². The molecule has 0 spiro atoms. The van der Waals surface area contributed by atoms with Crippen LogP contribution in [-0.4, -0.2) is 52.4 Å². The number of nitrogens with one attached hydrogen (secondary N) is 1. The zero-order valence-electron chi connectivity index (χ0n) is 18.8. The van der Waals surface area contributed by atoms with Crippen molar-refractivity contribution >= 4 is 36.5 Å². The summed E-state index contributed by atoms with van der Waals surface area (Å²) in [6.45, 7) is 4.01. The summed E-state index contributed by atoms with van der Waals surface area (Å²) >= 11 is 0. The Hall–Kier alpha value is -2.57. The molecule has 1 saturated heterocycles. The number of nitrogens with two attached hydrogens (primary N) is 1. The van der Waals surface area contributed by atoms with E-state index in [4.69, 9.17) is 9.88 Å². The van der Waals surface area contributed by atoms with Crippen molar-refractivity contribution in [3.8, 4) is 0 Å². The molecule has 182 valence electrons. The summed E-state index contributed by atoms with van der Waals surface area (Å²) in [6, 6.07) is 11.4. The number of benzene rings is 2. The number of pyridine rings is 1. The molecule has 2 heterocycles. The van der Waals surface area contributed by atoms with E-state index >= 15 is 0 Å². The van der Waals surface area contributed by atoms with Crippen LogP contribution in [0.15, 0.2) is 64.6 Å². The minimum absolute atomic E-state index is 0.0339. The lowest BCUT2D eigenvalue weighted by molar-refractivity contribution is 0.122. The molecule has 1 aromatic heterocycles. The first kappa shape index (κ1) is 24.6. The molecule has 0 radical (unpaired) electrons. The van der Waals surface area contributed by atoms with Crippen LogP contribution in [0.1, 0.15) is 18.9 Å². The number of hydrogen-bond acceptors (Lipinski definition) is 7. The Morgan fingerprint density at radius 3 is 2.74 bits per heavy atom. The maximum absolute atomic E-state index is 13.6. The Bertz CT molecular complexity index is 1390. The first-order valence-electron chi connectivity index (χ1n) is 11.0. The molecular formula is C23H28N4O5S2. The summed E-state index contributed by atoms with van der Waals surface area (Å²) in [5.74, 6) is 0.152. The summed E-state index contributed by atoms with van der Waals surface area (Å²) in [7, 11) is -7.55. The van der Waals surface area contributed by atoms with Crippen molar-refractivity contribution in [1.29, 1.82) is 0 Å². The predicted octanol–water partition coefficient (Wildman–Crippen LogP) is 2.54. The molecule has 3 aromatic rings. The van der Waals surface area contributed by atoms with Gasteiger partial charge in [-0.25, -0.2) is 22.0 Å². The van der Waals surface area contributed by atoms with Crippen LogP contribution in [0.3, 0.4) is 0 Å². The number of aromatic nitrogens is 1. The molecule has 0 amide bonds. The maximum Gasteiger partial charge on any atom is 0.243 e. The van der Waals surface area contributed by atoms with Crippen molar-refractivity contribution in [3.05, 3.63) is 60.4 Å². The third-order valence-corrected chi connectivity index (χ3v) is 8.82. The molecule has 3 N–H and O–H groups in total. The first-order valence-corrected chi connectivity index (χ1v) is 14.0. The number of ether oxygens (including phenoxy) is 1. The summed E-state index contributed by atoms with van der Waals surface area (Å²) < 4.78 is 57.6. The number of sulfonamides is 2. The van der Waals surface area contributed by atoms with Crippen LogP contribution in [-0.2, 0) is 31.3 Å². The van der Waals surface area contributed by atoms with E-state index in [1.54, 1.807) is 42.7 Å². The second-order valence-corrected chi connectivity index (χ2v) is 11.8. The van der Waals surface area contributed by atoms with Crippen molar-refractivity contribution in [2.45, 2.75) is 29.7 Å². The Labute approximate surface area is 200 Å². The summed E-state index contributed by atoms with van der Waals surface area (Å²) in [4.78, 5) is 4.45. The lowest BCUT2D eigenvalue weighted by Crippen LogP contribution is -2.35. The molecule has 9 nitrogen and oxygen atoms in total. The van der Waals surface area contributed by atoms with Crippen LogP contribution in [0.5, 0.6) is 0 Å². The van der Waals surface area contributed by atoms with E-state index in [-0.39, 0.29) is 15.7 Å². The van der Waals surface area contributed by atoms with Gasteiger partial charge in [0.25, 0.3) is 0 Å². The highest BCUT2D eigenvalue weighted by molar-refractivity contribution is 7.89. The Balaban J connectivity index is 1.65. The zero-order chi connectivity index (χ0) is 24.3. The second-order valence-electron chi connectivity index (χ2n) is 8.29. The first-order chi connectivity index (χ1) is 16.2. The Morgan fingerprint density at radius 2 is 1.97 bits per heavy atom. The van der Waals surface area contributed by atoms with Gasteiger partial charge in [0.1, 0.15) is 0 Å². The van der Waals surface area contributed by atoms with Gasteiger partial charge in [0.05, 0.1) is 23.0 Å². The molecule has 1 atom stereocenters. The van der Waals surface area contributed by atoms with Crippen LogP contribution < -0.4 is 10.5 Å². The van der Waals surface area contributed by atoms with Crippen molar-refractivity contribution < 1.29 is 21.6 Å². The van der Waals surface area contributed by atoms with Crippen LogP contribution in [0, 0.1) is 5.92 Å². The topological polar surface area (TPSA) is 132 Å². The maximum atomic E-state index is 13.6. The fraction of sp³-hybridized carbons (Fsp3) is 0.348. The van der Waals surface area contributed by atoms with Crippen molar-refractivity contribution in [3.63, 3.8) is 0 Å². The highest BCUT2D eigenvalue weighted by Crippen LogP contribution is 2.32. The lowest BCUT2D eigenvalue weighted by atomic mass is 10.1. The fourth-order valence-electron chi connectivity index (χ4n) is 4.02. The van der Waals surface area contributed by atoms with Crippen LogP contribution >= 0.6 is 0 Å². The number of anilines is 1. The molecule has 4 rings (SSSR count). The quantitative estimate of drug-likeness (QED) is 0.505. The molecule has 1 aliphatic heterocycles. The summed E-state index contributed by atoms with van der Waals surface area (Å²) in [5.41, 5.74) is 1.41. The van der Waals surface area contributed by atoms with E-state index in [0.717, 1.165) is 12.0 Å². The molecule has 0 bridgehead atoms. The standard InChI is InChI=1S/C23H28N4O5S2/c1-2-17-15-27(10-11-32-16-17)34(30,31)23-7-6-22(21-14-25-9-8-20(21)23)26-13-18-4-3-5-19(12-18)33(24,28)29/h3-9,12,14,17,26H,2,10-11,13,15-16H2,1H3,(H2,24,28,29). The van der Waals surface area contributed by atoms with Crippen LogP contribution in [0.25, 0.3) is 10.8 Å². The molecule has 2 aromatic carbocycles. The second kappa shape index (κ2) is 9.96. The highest BCUT2D eigenvalue weighted by atomic mass is 32.2. The number of rotatable bonds is 7. The molecule has 1 unspecified atom stereocenters. The van der Waals surface area contributed by atoms with Crippen molar-refractivity contribution in [2.24, 2.45) is 11.1 Å². The predicted molar refractivity (Wildman–Crippen MR) is 130 cm³/mol. The minimum atomic E-state index is -3.80. The van der Waals surface area contributed by atoms with Crippen molar-refractivity contribution in [2.75, 3.05) is 31.6 Å². The molecule has 34 heavy (non-hydrogen) atoms. The van der Waals surface area contributed by atoms with Crippen molar-refractivity contribution in [1.82, 2.24) is 9.29 Å². The normalized spacial score (nSPS) is 18.0. The zero-order valence-corrected chi connectivity index (χ0v) is 20.5. The van der Waals surface area contributed by atoms with Gasteiger partial charge in [-0.15, -0.1) is 0 Å². The van der Waals surface area contributed by atoms with E-state index in [1.807, 2.05) is 6.92 Å². The number of nitrogens with zero attached hydrogens (tertiary/aromatic N) is 2. The average Bonchev–Trinajstić information content (AvgIpc) is 3.08. The summed E-state index contributed by atoms with van der Waals surface area (Å²) in [6.07, 6.45) is 4.03. The van der Waals surface area contributed by atoms with Gasteiger partial charge in [-0.2, -0.15) is 4.31 Å². The van der Waals surface area contributed by atoms with E-state index in [1.165, 1.54) is 16.4 Å². The third-order valence-electron chi connectivity index (χ3n) is 5.98. The van der Waals surface area contributed by atoms with Gasteiger partial charge in [-0.1, -0.05) is 19.1 Å². The number of hydrogen-bond donors (Lipinski definition) is 2. The third kappa shape index (κ3) is 5.23. The Morgan fingerprint density at radius 1 is 1.15 bits per heavy atom. The number of fused-ring (bicyclic) bond motifs is 1. The average molecular weight is 505 g/mol. The SMILES string of the molecule is CCC1COCCN(S(=O)(=O)c2ccc(NCc3cccc(S(N)(=O)=O)c3)c3cnccc23)C1. The molecule has 0 aliphatic carbocycles. The monoisotopic (exact) mass is 504 g/mol. The van der Waals surface area contributed by atoms with Gasteiger partial charge in [0.15, 0.2) is 0 Å². The summed E-state index contributed by atoms with van der Waals surface area (Å²) in [5, 5.41) is 9.71. The van der Waals surface area contributed by atoms with E-state index in [0.29, 0.717) is 49.3 Å². The van der Waals surface area contributed by atoms with Crippen LogP contribution in [0.4, 0.5) is 5.69 Å². The number of primary sulfonamides is 1. The molecule has 1 aliphatic rings. The van der Waals surface area contributed by atoms with Gasteiger partial charge in [-0.3, -0.25) is 4.98 Å². The lowest BCUT2D eigenvalue weighted by Gasteiger charge is -2.23. The fourth-order valence-corrected chi connectivity index (χ4v) is 6.30. The smallest absolute Gasteiger partial charge is 0.243 e. The minimum Gasteiger partial charge on any atom is -0.380 e. The van der Waals surface area contributed by atoms with Gasteiger partial charge in [0.2, 0.25) is 20.0 Å². The largest absolute Gasteiger partial charge is 0.380 e. The van der Waals surface area contributed by atoms with Gasteiger partial charge >= 0.3 is 0 Å².